The Morgan fingerprint density at radius 3 is 2.46 bits per heavy atom. The van der Waals surface area contributed by atoms with Crippen molar-refractivity contribution in [2.24, 2.45) is 0 Å². The van der Waals surface area contributed by atoms with Crippen LogP contribution in [0.15, 0.2) is 35.2 Å². The lowest BCUT2D eigenvalue weighted by Crippen LogP contribution is -2.17. The molecule has 1 aromatic carbocycles. The van der Waals surface area contributed by atoms with Gasteiger partial charge in [-0.25, -0.2) is 8.42 Å². The number of carbonyl (C=O) groups is 1. The summed E-state index contributed by atoms with van der Waals surface area (Å²) in [5, 5.41) is 12.0. The molecule has 1 aromatic heterocycles. The molecule has 0 aliphatic heterocycles. The van der Waals surface area contributed by atoms with Crippen molar-refractivity contribution in [2.45, 2.75) is 43.9 Å². The number of anilines is 1. The number of hydrogen-bond acceptors (Lipinski definition) is 6. The highest BCUT2D eigenvalue weighted by molar-refractivity contribution is 7.91. The third-order valence-corrected chi connectivity index (χ3v) is 6.46. The Kier molecular flexibility index (Phi) is 6.44. The van der Waals surface area contributed by atoms with E-state index in [4.69, 9.17) is 0 Å². The molecule has 6 nitrogen and oxygen atoms in total. The number of rotatable bonds is 8. The fourth-order valence-electron chi connectivity index (χ4n) is 2.24. The predicted octanol–water partition coefficient (Wildman–Crippen LogP) is 3.24. The molecule has 8 heteroatoms. The molecular weight excluding hydrogens is 346 g/mol. The topological polar surface area (TPSA) is 89.0 Å². The first-order valence-electron chi connectivity index (χ1n) is 7.87. The lowest BCUT2D eigenvalue weighted by atomic mass is 10.1. The molecule has 0 bridgehead atoms. The zero-order valence-corrected chi connectivity index (χ0v) is 15.4. The highest BCUT2D eigenvalue weighted by Crippen LogP contribution is 2.28. The van der Waals surface area contributed by atoms with Gasteiger partial charge in [-0.3, -0.25) is 4.79 Å². The Morgan fingerprint density at radius 1 is 1.17 bits per heavy atom. The molecule has 0 saturated carbocycles. The molecule has 2 aromatic rings. The molecule has 2 rings (SSSR count). The van der Waals surface area contributed by atoms with E-state index in [-0.39, 0.29) is 23.0 Å². The van der Waals surface area contributed by atoms with E-state index in [0.29, 0.717) is 11.0 Å². The van der Waals surface area contributed by atoms with Crippen molar-refractivity contribution in [3.05, 3.63) is 35.3 Å². The van der Waals surface area contributed by atoms with E-state index in [0.717, 1.165) is 17.8 Å². The summed E-state index contributed by atoms with van der Waals surface area (Å²) in [6.07, 6.45) is 1.82. The molecule has 130 valence electrons. The van der Waals surface area contributed by atoms with Gasteiger partial charge >= 0.3 is 0 Å². The van der Waals surface area contributed by atoms with E-state index in [2.05, 4.69) is 29.4 Å². The molecule has 0 fully saturated rings. The van der Waals surface area contributed by atoms with Crippen molar-refractivity contribution in [1.29, 1.82) is 0 Å². The van der Waals surface area contributed by atoms with Crippen LogP contribution in [0.3, 0.4) is 0 Å². The van der Waals surface area contributed by atoms with Crippen LogP contribution in [0.25, 0.3) is 0 Å². The van der Waals surface area contributed by atoms with Gasteiger partial charge in [-0.05, 0) is 25.0 Å². The third-order valence-electron chi connectivity index (χ3n) is 3.72. The lowest BCUT2D eigenvalue weighted by molar-refractivity contribution is -0.115. The summed E-state index contributed by atoms with van der Waals surface area (Å²) in [5.74, 6) is -0.269. The molecule has 0 aliphatic rings. The number of carbonyl (C=O) groups excluding carboxylic acids is 1. The highest BCUT2D eigenvalue weighted by Gasteiger charge is 2.18. The maximum Gasteiger partial charge on any atom is 0.227 e. The Hall–Kier alpha value is -1.80. The molecule has 1 heterocycles. The first-order chi connectivity index (χ1) is 11.5. The minimum Gasteiger partial charge on any atom is -0.301 e. The molecular formula is C16H21N3O3S2. The quantitative estimate of drug-likeness (QED) is 0.773. The molecule has 1 N–H and O–H groups in total. The van der Waals surface area contributed by atoms with Crippen molar-refractivity contribution >= 4 is 32.2 Å². The third kappa shape index (κ3) is 4.85. The first-order valence-corrected chi connectivity index (χ1v) is 10.3. The van der Waals surface area contributed by atoms with Crippen molar-refractivity contribution < 1.29 is 13.2 Å². The number of nitrogens with one attached hydrogen (secondary N) is 1. The van der Waals surface area contributed by atoms with Crippen LogP contribution < -0.4 is 5.32 Å². The summed E-state index contributed by atoms with van der Waals surface area (Å²) in [5.41, 5.74) is 0. The van der Waals surface area contributed by atoms with Crippen LogP contribution in [0.4, 0.5) is 5.13 Å². The van der Waals surface area contributed by atoms with Gasteiger partial charge in [0.1, 0.15) is 5.01 Å². The van der Waals surface area contributed by atoms with E-state index in [1.807, 2.05) is 0 Å². The highest BCUT2D eigenvalue weighted by atomic mass is 32.2. The average Bonchev–Trinajstić information content (AvgIpc) is 3.03. The van der Waals surface area contributed by atoms with Crippen molar-refractivity contribution in [2.75, 3.05) is 11.1 Å². The summed E-state index contributed by atoms with van der Waals surface area (Å²) in [7, 11) is -3.46. The number of aromatic nitrogens is 2. The van der Waals surface area contributed by atoms with E-state index in [1.54, 1.807) is 18.2 Å². The summed E-state index contributed by atoms with van der Waals surface area (Å²) >= 11 is 1.34. The average molecular weight is 367 g/mol. The van der Waals surface area contributed by atoms with E-state index in [1.165, 1.54) is 23.5 Å². The standard InChI is InChI=1S/C16H21N3O3S2/c1-3-12(4-2)15-18-19-16(23-15)17-14(20)10-11-24(21,22)13-8-6-5-7-9-13/h5-9,12H,3-4,10-11H2,1-2H3,(H,17,19,20). The van der Waals surface area contributed by atoms with Crippen LogP contribution in [-0.4, -0.2) is 30.3 Å². The number of benzene rings is 1. The Balaban J connectivity index is 1.92. The molecule has 1 amide bonds. The van der Waals surface area contributed by atoms with E-state index >= 15 is 0 Å². The maximum absolute atomic E-state index is 12.2. The van der Waals surface area contributed by atoms with Gasteiger partial charge in [0, 0.05) is 12.3 Å². The SMILES string of the molecule is CCC(CC)c1nnc(NC(=O)CCS(=O)(=O)c2ccccc2)s1. The van der Waals surface area contributed by atoms with Gasteiger partial charge in [0.05, 0.1) is 10.6 Å². The molecule has 0 radical (unpaired) electrons. The van der Waals surface area contributed by atoms with Gasteiger partial charge in [0.2, 0.25) is 11.0 Å². The largest absolute Gasteiger partial charge is 0.301 e. The zero-order chi connectivity index (χ0) is 17.6. The van der Waals surface area contributed by atoms with E-state index < -0.39 is 9.84 Å². The summed E-state index contributed by atoms with van der Waals surface area (Å²) in [6, 6.07) is 8.12. The van der Waals surface area contributed by atoms with Crippen LogP contribution in [-0.2, 0) is 14.6 Å². The van der Waals surface area contributed by atoms with E-state index in [9.17, 15) is 13.2 Å². The van der Waals surface area contributed by atoms with Gasteiger partial charge < -0.3 is 5.32 Å². The number of hydrogen-bond donors (Lipinski definition) is 1. The van der Waals surface area contributed by atoms with Crippen LogP contribution in [0.5, 0.6) is 0 Å². The summed E-state index contributed by atoms with van der Waals surface area (Å²) in [4.78, 5) is 12.2. The summed E-state index contributed by atoms with van der Waals surface area (Å²) in [6.45, 7) is 4.17. The minimum absolute atomic E-state index is 0.114. The van der Waals surface area contributed by atoms with Crippen LogP contribution >= 0.6 is 11.3 Å². The second kappa shape index (κ2) is 8.34. The van der Waals surface area contributed by atoms with Crippen LogP contribution in [0.2, 0.25) is 0 Å². The van der Waals surface area contributed by atoms with Crippen molar-refractivity contribution in [3.8, 4) is 0 Å². The number of sulfone groups is 1. The van der Waals surface area contributed by atoms with Gasteiger partial charge in [-0.2, -0.15) is 0 Å². The van der Waals surface area contributed by atoms with Gasteiger partial charge in [-0.1, -0.05) is 43.4 Å². The minimum atomic E-state index is -3.46. The van der Waals surface area contributed by atoms with Gasteiger partial charge in [0.15, 0.2) is 9.84 Å². The van der Waals surface area contributed by atoms with Crippen molar-refractivity contribution in [1.82, 2.24) is 10.2 Å². The molecule has 0 unspecified atom stereocenters. The maximum atomic E-state index is 12.2. The predicted molar refractivity (Wildman–Crippen MR) is 95.0 cm³/mol. The second-order valence-electron chi connectivity index (χ2n) is 5.39. The Bertz CT molecular complexity index is 769. The normalized spacial score (nSPS) is 11.6. The van der Waals surface area contributed by atoms with Crippen molar-refractivity contribution in [3.63, 3.8) is 0 Å². The Labute approximate surface area is 146 Å². The monoisotopic (exact) mass is 367 g/mol. The molecule has 0 spiro atoms. The lowest BCUT2D eigenvalue weighted by Gasteiger charge is -2.06. The Morgan fingerprint density at radius 2 is 1.83 bits per heavy atom. The smallest absolute Gasteiger partial charge is 0.227 e. The second-order valence-corrected chi connectivity index (χ2v) is 8.51. The molecule has 0 saturated heterocycles. The molecule has 24 heavy (non-hydrogen) atoms. The molecule has 0 atom stereocenters. The van der Waals surface area contributed by atoms with Crippen LogP contribution in [0.1, 0.15) is 44.0 Å². The number of nitrogens with zero attached hydrogens (tertiary/aromatic N) is 2. The van der Waals surface area contributed by atoms with Gasteiger partial charge in [-0.15, -0.1) is 10.2 Å². The number of amides is 1. The van der Waals surface area contributed by atoms with Gasteiger partial charge in [0.25, 0.3) is 0 Å². The fraction of sp³-hybridized carbons (Fsp3) is 0.438. The fourth-order valence-corrected chi connectivity index (χ4v) is 4.53. The molecule has 0 aliphatic carbocycles. The van der Waals surface area contributed by atoms with Crippen LogP contribution in [0, 0.1) is 0 Å². The first kappa shape index (κ1) is 18.5. The zero-order valence-electron chi connectivity index (χ0n) is 13.7. The summed E-state index contributed by atoms with van der Waals surface area (Å²) < 4.78 is 24.3.